The number of rotatable bonds is 4. The highest BCUT2D eigenvalue weighted by molar-refractivity contribution is 6.22. The molecule has 0 aromatic carbocycles. The lowest BCUT2D eigenvalue weighted by molar-refractivity contribution is 0.0653. The number of aromatic nitrogens is 1. The fraction of sp³-hybridized carbons (Fsp3) is 0.462. The van der Waals surface area contributed by atoms with Gasteiger partial charge in [-0.2, -0.15) is 0 Å². The summed E-state index contributed by atoms with van der Waals surface area (Å²) in [7, 11) is 0. The first kappa shape index (κ1) is 13.3. The lowest BCUT2D eigenvalue weighted by atomic mass is 10.1. The normalized spacial score (nSPS) is 14.1. The van der Waals surface area contributed by atoms with Crippen molar-refractivity contribution in [3.8, 4) is 5.88 Å². The van der Waals surface area contributed by atoms with Gasteiger partial charge in [0, 0.05) is 19.2 Å². The summed E-state index contributed by atoms with van der Waals surface area (Å²) in [6, 6.07) is 1.14. The molecule has 6 nitrogen and oxygen atoms in total. The summed E-state index contributed by atoms with van der Waals surface area (Å²) >= 11 is 0. The summed E-state index contributed by atoms with van der Waals surface area (Å²) in [6.45, 7) is 4.30. The third-order valence-electron chi connectivity index (χ3n) is 3.11. The molecule has 0 radical (unpaired) electrons. The smallest absolute Gasteiger partial charge is 0.266 e. The van der Waals surface area contributed by atoms with Crippen molar-refractivity contribution in [3.63, 3.8) is 0 Å². The molecule has 1 aliphatic heterocycles. The minimum Gasteiger partial charge on any atom is -0.494 e. The Morgan fingerprint density at radius 2 is 1.68 bits per heavy atom. The SMILES string of the molecule is CCCN1C(=O)c2cc(=O)n(CCC)c(O)c2C1=O. The predicted molar refractivity (Wildman–Crippen MR) is 68.3 cm³/mol. The summed E-state index contributed by atoms with van der Waals surface area (Å²) in [6.07, 6.45) is 1.28. The fourth-order valence-electron chi connectivity index (χ4n) is 2.25. The van der Waals surface area contributed by atoms with E-state index in [1.54, 1.807) is 0 Å². The Hall–Kier alpha value is -2.11. The maximum atomic E-state index is 12.1. The Morgan fingerprint density at radius 1 is 1.05 bits per heavy atom. The average molecular weight is 264 g/mol. The third kappa shape index (κ3) is 1.93. The highest BCUT2D eigenvalue weighted by Crippen LogP contribution is 2.28. The van der Waals surface area contributed by atoms with Crippen molar-refractivity contribution >= 4 is 11.8 Å². The molecular weight excluding hydrogens is 248 g/mol. The molecule has 0 saturated carbocycles. The zero-order valence-electron chi connectivity index (χ0n) is 11.0. The Balaban J connectivity index is 2.60. The van der Waals surface area contributed by atoms with E-state index < -0.39 is 23.3 Å². The van der Waals surface area contributed by atoms with Gasteiger partial charge in [-0.15, -0.1) is 0 Å². The van der Waals surface area contributed by atoms with Crippen LogP contribution in [0.1, 0.15) is 47.4 Å². The first-order valence-electron chi connectivity index (χ1n) is 6.35. The molecular formula is C13H16N2O4. The molecule has 1 aromatic heterocycles. The molecule has 0 unspecified atom stereocenters. The molecule has 6 heteroatoms. The molecule has 2 heterocycles. The van der Waals surface area contributed by atoms with Gasteiger partial charge in [0.15, 0.2) is 0 Å². The number of imide groups is 1. The highest BCUT2D eigenvalue weighted by atomic mass is 16.3. The zero-order chi connectivity index (χ0) is 14.2. The van der Waals surface area contributed by atoms with E-state index in [2.05, 4.69) is 0 Å². The molecule has 0 aliphatic carbocycles. The van der Waals surface area contributed by atoms with E-state index in [9.17, 15) is 19.5 Å². The van der Waals surface area contributed by atoms with Crippen LogP contribution in [0.2, 0.25) is 0 Å². The van der Waals surface area contributed by atoms with Gasteiger partial charge in [-0.3, -0.25) is 23.9 Å². The number of amides is 2. The quantitative estimate of drug-likeness (QED) is 0.822. The Labute approximate surface area is 110 Å². The topological polar surface area (TPSA) is 79.6 Å². The first-order valence-corrected chi connectivity index (χ1v) is 6.35. The molecule has 0 bridgehead atoms. The maximum Gasteiger partial charge on any atom is 0.266 e. The van der Waals surface area contributed by atoms with Crippen molar-refractivity contribution in [1.29, 1.82) is 0 Å². The minimum atomic E-state index is -0.524. The second-order valence-electron chi connectivity index (χ2n) is 4.51. The van der Waals surface area contributed by atoms with Gasteiger partial charge in [-0.1, -0.05) is 13.8 Å². The number of carbonyl (C=O) groups excluding carboxylic acids is 2. The van der Waals surface area contributed by atoms with Crippen LogP contribution in [-0.2, 0) is 6.54 Å². The molecule has 102 valence electrons. The van der Waals surface area contributed by atoms with Crippen molar-refractivity contribution in [3.05, 3.63) is 27.5 Å². The summed E-state index contributed by atoms with van der Waals surface area (Å²) < 4.78 is 1.12. The van der Waals surface area contributed by atoms with Crippen LogP contribution in [-0.4, -0.2) is 32.9 Å². The van der Waals surface area contributed by atoms with Crippen molar-refractivity contribution < 1.29 is 14.7 Å². The number of hydrogen-bond donors (Lipinski definition) is 1. The molecule has 1 N–H and O–H groups in total. The number of hydrogen-bond acceptors (Lipinski definition) is 4. The van der Waals surface area contributed by atoms with E-state index in [-0.39, 0.29) is 17.7 Å². The lowest BCUT2D eigenvalue weighted by Gasteiger charge is -2.11. The number of fused-ring (bicyclic) bond motifs is 1. The second-order valence-corrected chi connectivity index (χ2v) is 4.51. The van der Waals surface area contributed by atoms with E-state index in [1.807, 2.05) is 13.8 Å². The van der Waals surface area contributed by atoms with Gasteiger partial charge < -0.3 is 5.11 Å². The summed E-state index contributed by atoms with van der Waals surface area (Å²) in [5.41, 5.74) is -0.502. The molecule has 0 atom stereocenters. The van der Waals surface area contributed by atoms with Crippen molar-refractivity contribution in [2.45, 2.75) is 33.2 Å². The van der Waals surface area contributed by atoms with E-state index in [1.165, 1.54) is 0 Å². The molecule has 2 amide bonds. The van der Waals surface area contributed by atoms with Gasteiger partial charge in [0.25, 0.3) is 17.4 Å². The summed E-state index contributed by atoms with van der Waals surface area (Å²) in [5, 5.41) is 10.1. The standard InChI is InChI=1S/C13H16N2O4/c1-3-5-14-9(16)7-8-10(12(14)18)13(19)15(6-4-2)11(8)17/h7,18H,3-6H2,1-2H3. The second kappa shape index (κ2) is 4.87. The van der Waals surface area contributed by atoms with E-state index >= 15 is 0 Å². The number of carbonyl (C=O) groups is 2. The van der Waals surface area contributed by atoms with Crippen molar-refractivity contribution in [2.75, 3.05) is 6.54 Å². The third-order valence-corrected chi connectivity index (χ3v) is 3.11. The van der Waals surface area contributed by atoms with E-state index in [4.69, 9.17) is 0 Å². The molecule has 1 aromatic rings. The minimum absolute atomic E-state index is 0.00769. The van der Waals surface area contributed by atoms with E-state index in [0.717, 1.165) is 15.5 Å². The monoisotopic (exact) mass is 264 g/mol. The van der Waals surface area contributed by atoms with Gasteiger partial charge in [0.05, 0.1) is 5.56 Å². The summed E-state index contributed by atoms with van der Waals surface area (Å²) in [4.78, 5) is 37.0. The van der Waals surface area contributed by atoms with Crippen LogP contribution in [0.3, 0.4) is 0 Å². The molecule has 19 heavy (non-hydrogen) atoms. The molecule has 0 saturated heterocycles. The van der Waals surface area contributed by atoms with Gasteiger partial charge in [-0.25, -0.2) is 0 Å². The predicted octanol–water partition coefficient (Wildman–Crippen LogP) is 0.970. The molecule has 1 aliphatic rings. The van der Waals surface area contributed by atoms with Gasteiger partial charge in [0.1, 0.15) is 5.56 Å². The largest absolute Gasteiger partial charge is 0.494 e. The van der Waals surface area contributed by atoms with Crippen LogP contribution in [0.25, 0.3) is 0 Å². The Bertz CT molecular complexity index is 603. The average Bonchev–Trinajstić information content (AvgIpc) is 2.60. The van der Waals surface area contributed by atoms with Crippen LogP contribution in [0, 0.1) is 0 Å². The molecule has 2 rings (SSSR count). The zero-order valence-corrected chi connectivity index (χ0v) is 11.0. The van der Waals surface area contributed by atoms with Crippen LogP contribution >= 0.6 is 0 Å². The van der Waals surface area contributed by atoms with Crippen LogP contribution in [0.5, 0.6) is 5.88 Å². The number of aromatic hydroxyl groups is 1. The molecule has 0 fully saturated rings. The Kier molecular flexibility index (Phi) is 3.42. The van der Waals surface area contributed by atoms with Crippen LogP contribution < -0.4 is 5.56 Å². The summed E-state index contributed by atoms with van der Waals surface area (Å²) in [5.74, 6) is -1.43. The van der Waals surface area contributed by atoms with Gasteiger partial charge in [0.2, 0.25) is 5.88 Å². The molecule has 0 spiro atoms. The fourth-order valence-corrected chi connectivity index (χ4v) is 2.25. The first-order chi connectivity index (χ1) is 9.02. The number of pyridine rings is 1. The van der Waals surface area contributed by atoms with Crippen LogP contribution in [0.4, 0.5) is 0 Å². The van der Waals surface area contributed by atoms with Crippen LogP contribution in [0.15, 0.2) is 10.9 Å². The highest BCUT2D eigenvalue weighted by Gasteiger charge is 2.39. The van der Waals surface area contributed by atoms with Crippen molar-refractivity contribution in [1.82, 2.24) is 9.47 Å². The lowest BCUT2D eigenvalue weighted by Crippen LogP contribution is -2.30. The Morgan fingerprint density at radius 3 is 2.26 bits per heavy atom. The maximum absolute atomic E-state index is 12.1. The van der Waals surface area contributed by atoms with Crippen molar-refractivity contribution in [2.24, 2.45) is 0 Å². The van der Waals surface area contributed by atoms with E-state index in [0.29, 0.717) is 19.4 Å². The van der Waals surface area contributed by atoms with Gasteiger partial charge in [-0.05, 0) is 12.8 Å². The van der Waals surface area contributed by atoms with Gasteiger partial charge >= 0.3 is 0 Å². The number of nitrogens with zero attached hydrogens (tertiary/aromatic N) is 2.